The topological polar surface area (TPSA) is 46.6 Å². The number of carbonyl (C=O) groups excluding carboxylic acids is 2. The van der Waals surface area contributed by atoms with Gasteiger partial charge in [0.05, 0.1) is 0 Å². The van der Waals surface area contributed by atoms with Gasteiger partial charge < -0.3 is 9.64 Å². The predicted molar refractivity (Wildman–Crippen MR) is 110 cm³/mol. The van der Waals surface area contributed by atoms with E-state index in [1.54, 1.807) is 0 Å². The number of rotatable bonds is 10. The van der Waals surface area contributed by atoms with Gasteiger partial charge in [0, 0.05) is 24.4 Å². The van der Waals surface area contributed by atoms with Crippen LogP contribution < -0.4 is 0 Å². The van der Waals surface area contributed by atoms with Crippen molar-refractivity contribution in [2.24, 2.45) is 5.92 Å². The van der Waals surface area contributed by atoms with Crippen LogP contribution >= 0.6 is 0 Å². The molecule has 2 saturated heterocycles. The fourth-order valence-corrected chi connectivity index (χ4v) is 4.69. The number of carbonyl (C=O) groups is 2. The summed E-state index contributed by atoms with van der Waals surface area (Å²) in [6.07, 6.45) is 14.4. The van der Waals surface area contributed by atoms with E-state index >= 15 is 0 Å². The minimum Gasteiger partial charge on any atom is -0.444 e. The van der Waals surface area contributed by atoms with Gasteiger partial charge in [0.2, 0.25) is 0 Å². The quantitative estimate of drug-likeness (QED) is 0.421. The van der Waals surface area contributed by atoms with E-state index in [1.807, 2.05) is 25.7 Å². The first-order chi connectivity index (χ1) is 12.8. The van der Waals surface area contributed by atoms with Crippen molar-refractivity contribution in [3.63, 3.8) is 0 Å². The first-order valence-corrected chi connectivity index (χ1v) is 11.4. The van der Waals surface area contributed by atoms with Gasteiger partial charge in [-0.3, -0.25) is 4.79 Å². The van der Waals surface area contributed by atoms with Crippen LogP contribution in [0.4, 0.5) is 4.79 Å². The molecule has 0 aromatic rings. The molecule has 27 heavy (non-hydrogen) atoms. The van der Waals surface area contributed by atoms with Crippen molar-refractivity contribution in [2.75, 3.05) is 0 Å². The Labute approximate surface area is 166 Å². The van der Waals surface area contributed by atoms with Crippen molar-refractivity contribution < 1.29 is 14.3 Å². The summed E-state index contributed by atoms with van der Waals surface area (Å²) in [5.41, 5.74) is -0.459. The smallest absolute Gasteiger partial charge is 0.410 e. The third kappa shape index (κ3) is 7.12. The zero-order chi connectivity index (χ0) is 19.9. The van der Waals surface area contributed by atoms with E-state index < -0.39 is 5.60 Å². The third-order valence-corrected chi connectivity index (χ3v) is 6.07. The van der Waals surface area contributed by atoms with Gasteiger partial charge in [-0.1, -0.05) is 51.9 Å². The highest BCUT2D eigenvalue weighted by molar-refractivity contribution is 5.81. The summed E-state index contributed by atoms with van der Waals surface area (Å²) in [6.45, 7) is 7.97. The number of amides is 1. The van der Waals surface area contributed by atoms with Crippen molar-refractivity contribution in [1.82, 2.24) is 4.90 Å². The van der Waals surface area contributed by atoms with Crippen LogP contribution in [0.15, 0.2) is 0 Å². The molecule has 0 radical (unpaired) electrons. The Morgan fingerprint density at radius 1 is 0.889 bits per heavy atom. The molecule has 2 heterocycles. The maximum Gasteiger partial charge on any atom is 0.410 e. The monoisotopic (exact) mass is 379 g/mol. The summed E-state index contributed by atoms with van der Waals surface area (Å²) < 4.78 is 5.58. The number of Topliss-reactive ketones (excluding diaryl/α,β-unsaturated/α-hetero) is 1. The van der Waals surface area contributed by atoms with Gasteiger partial charge >= 0.3 is 6.09 Å². The number of hydrogen-bond acceptors (Lipinski definition) is 3. The minimum atomic E-state index is -0.459. The van der Waals surface area contributed by atoms with Crippen LogP contribution in [0.1, 0.15) is 111 Å². The molecule has 4 nitrogen and oxygen atoms in total. The molecule has 2 bridgehead atoms. The van der Waals surface area contributed by atoms with E-state index in [2.05, 4.69) is 6.92 Å². The Balaban J connectivity index is 1.68. The van der Waals surface area contributed by atoms with E-state index in [1.165, 1.54) is 44.9 Å². The molecule has 0 saturated carbocycles. The van der Waals surface area contributed by atoms with Crippen molar-refractivity contribution in [2.45, 2.75) is 129 Å². The summed E-state index contributed by atoms with van der Waals surface area (Å²) in [5, 5.41) is 0. The first kappa shape index (κ1) is 22.2. The average Bonchev–Trinajstić information content (AvgIpc) is 2.86. The number of ether oxygens (including phenoxy) is 1. The molecule has 0 aromatic heterocycles. The first-order valence-electron chi connectivity index (χ1n) is 11.4. The molecule has 0 aromatic carbocycles. The Bertz CT molecular complexity index is 469. The molecule has 156 valence electrons. The molecule has 2 aliphatic heterocycles. The van der Waals surface area contributed by atoms with E-state index in [0.717, 1.165) is 38.5 Å². The van der Waals surface area contributed by atoms with Gasteiger partial charge in [-0.2, -0.15) is 0 Å². The highest BCUT2D eigenvalue weighted by atomic mass is 16.6. The van der Waals surface area contributed by atoms with E-state index in [9.17, 15) is 9.59 Å². The molecule has 0 N–H and O–H groups in total. The molecule has 0 spiro atoms. The molecule has 4 heteroatoms. The summed E-state index contributed by atoms with van der Waals surface area (Å²) in [4.78, 5) is 27.1. The van der Waals surface area contributed by atoms with E-state index in [0.29, 0.717) is 5.78 Å². The molecule has 2 aliphatic rings. The largest absolute Gasteiger partial charge is 0.444 e. The van der Waals surface area contributed by atoms with Crippen LogP contribution in [0, 0.1) is 5.92 Å². The summed E-state index contributed by atoms with van der Waals surface area (Å²) in [7, 11) is 0. The predicted octanol–water partition coefficient (Wildman–Crippen LogP) is 6.26. The number of ketones is 1. The minimum absolute atomic E-state index is 0.158. The number of nitrogens with zero attached hydrogens (tertiary/aromatic N) is 1. The number of fused-ring (bicyclic) bond motifs is 2. The zero-order valence-corrected chi connectivity index (χ0v) is 18.1. The van der Waals surface area contributed by atoms with Crippen molar-refractivity contribution in [3.8, 4) is 0 Å². The summed E-state index contributed by atoms with van der Waals surface area (Å²) in [6, 6.07) is 0.400. The highest BCUT2D eigenvalue weighted by Crippen LogP contribution is 2.40. The van der Waals surface area contributed by atoms with Crippen LogP contribution in [0.2, 0.25) is 0 Å². The lowest BCUT2D eigenvalue weighted by atomic mass is 9.85. The van der Waals surface area contributed by atoms with Gasteiger partial charge in [-0.05, 0) is 52.9 Å². The second-order valence-corrected chi connectivity index (χ2v) is 9.63. The maximum atomic E-state index is 12.7. The number of hydrogen-bond donors (Lipinski definition) is 0. The Kier molecular flexibility index (Phi) is 8.62. The SMILES string of the molecule is CCCCCCCCCCC(=O)C1CC2CCC(C1)N2C(=O)OC(C)(C)C. The fraction of sp³-hybridized carbons (Fsp3) is 0.913. The van der Waals surface area contributed by atoms with Gasteiger partial charge in [0.1, 0.15) is 11.4 Å². The normalized spacial score (nSPS) is 24.9. The molecule has 2 unspecified atom stereocenters. The number of piperidine rings is 1. The molecule has 2 fully saturated rings. The van der Waals surface area contributed by atoms with Crippen LogP contribution in [-0.4, -0.2) is 34.5 Å². The van der Waals surface area contributed by atoms with Crippen molar-refractivity contribution >= 4 is 11.9 Å². The number of unbranched alkanes of at least 4 members (excludes halogenated alkanes) is 7. The molecule has 2 atom stereocenters. The van der Waals surface area contributed by atoms with Gasteiger partial charge in [0.25, 0.3) is 0 Å². The Morgan fingerprint density at radius 2 is 1.41 bits per heavy atom. The Hall–Kier alpha value is -1.06. The third-order valence-electron chi connectivity index (χ3n) is 6.07. The van der Waals surface area contributed by atoms with Crippen LogP contribution in [0.5, 0.6) is 0 Å². The molecule has 2 rings (SSSR count). The van der Waals surface area contributed by atoms with Gasteiger partial charge in [-0.15, -0.1) is 0 Å². The molecular weight excluding hydrogens is 338 g/mol. The fourth-order valence-electron chi connectivity index (χ4n) is 4.69. The second kappa shape index (κ2) is 10.5. The van der Waals surface area contributed by atoms with E-state index in [-0.39, 0.29) is 24.1 Å². The summed E-state index contributed by atoms with van der Waals surface area (Å²) >= 11 is 0. The highest BCUT2D eigenvalue weighted by Gasteiger charge is 2.46. The van der Waals surface area contributed by atoms with Gasteiger partial charge in [0.15, 0.2) is 0 Å². The van der Waals surface area contributed by atoms with Crippen LogP contribution in [0.3, 0.4) is 0 Å². The second-order valence-electron chi connectivity index (χ2n) is 9.63. The standard InChI is InChI=1S/C23H41NO3/c1-5-6-7-8-9-10-11-12-13-21(25)18-16-19-14-15-20(17-18)24(19)22(26)27-23(2,3)4/h18-20H,5-17H2,1-4H3. The lowest BCUT2D eigenvalue weighted by Gasteiger charge is -2.39. The van der Waals surface area contributed by atoms with Gasteiger partial charge in [-0.25, -0.2) is 4.79 Å². The zero-order valence-electron chi connectivity index (χ0n) is 18.1. The van der Waals surface area contributed by atoms with Crippen LogP contribution in [-0.2, 0) is 9.53 Å². The molecular formula is C23H41NO3. The molecule has 0 aliphatic carbocycles. The van der Waals surface area contributed by atoms with Crippen molar-refractivity contribution in [3.05, 3.63) is 0 Å². The van der Waals surface area contributed by atoms with Crippen LogP contribution in [0.25, 0.3) is 0 Å². The maximum absolute atomic E-state index is 12.7. The molecule has 1 amide bonds. The lowest BCUT2D eigenvalue weighted by Crippen LogP contribution is -2.49. The summed E-state index contributed by atoms with van der Waals surface area (Å²) in [5.74, 6) is 0.590. The average molecular weight is 380 g/mol. The lowest BCUT2D eigenvalue weighted by molar-refractivity contribution is -0.125. The Morgan fingerprint density at radius 3 is 1.93 bits per heavy atom. The van der Waals surface area contributed by atoms with Crippen molar-refractivity contribution in [1.29, 1.82) is 0 Å². The van der Waals surface area contributed by atoms with E-state index in [4.69, 9.17) is 4.74 Å².